The highest BCUT2D eigenvalue weighted by molar-refractivity contribution is 7.16. The van der Waals surface area contributed by atoms with E-state index in [1.165, 1.54) is 12.1 Å². The molecule has 100 valence electrons. The summed E-state index contributed by atoms with van der Waals surface area (Å²) < 4.78 is 14.0. The monoisotopic (exact) mass is 285 g/mol. The zero-order chi connectivity index (χ0) is 14.0. The lowest BCUT2D eigenvalue weighted by Crippen LogP contribution is -2.11. The predicted octanol–water partition coefficient (Wildman–Crippen LogP) is 2.30. The number of hydrogen-bond donors (Lipinski definition) is 0. The van der Waals surface area contributed by atoms with Gasteiger partial charge in [0.2, 0.25) is 5.75 Å². The Morgan fingerprint density at radius 3 is 2.89 bits per heavy atom. The number of benzene rings is 1. The van der Waals surface area contributed by atoms with Crippen LogP contribution in [0.15, 0.2) is 21.3 Å². The zero-order valence-corrected chi connectivity index (χ0v) is 10.4. The molecule has 9 heteroatoms. The molecule has 0 aliphatic carbocycles. The smallest absolute Gasteiger partial charge is 0.434 e. The maximum Gasteiger partial charge on any atom is 0.514 e. The maximum absolute atomic E-state index is 11.2. The molecule has 0 saturated heterocycles. The van der Waals surface area contributed by atoms with Crippen LogP contribution >= 0.6 is 11.3 Å². The van der Waals surface area contributed by atoms with Crippen LogP contribution in [0.1, 0.15) is 6.92 Å². The quantitative estimate of drug-likeness (QED) is 0.368. The first-order chi connectivity index (χ1) is 9.02. The highest BCUT2D eigenvalue weighted by atomic mass is 32.1. The van der Waals surface area contributed by atoms with Gasteiger partial charge in [-0.1, -0.05) is 0 Å². The van der Waals surface area contributed by atoms with Gasteiger partial charge in [0.25, 0.3) is 0 Å². The van der Waals surface area contributed by atoms with Crippen molar-refractivity contribution in [3.63, 3.8) is 0 Å². The van der Waals surface area contributed by atoms with Gasteiger partial charge in [-0.2, -0.15) is 0 Å². The fourth-order valence-corrected chi connectivity index (χ4v) is 2.18. The van der Waals surface area contributed by atoms with E-state index in [4.69, 9.17) is 9.15 Å². The molecule has 0 unspecified atom stereocenters. The summed E-state index contributed by atoms with van der Waals surface area (Å²) in [5.74, 6) is -0.298. The summed E-state index contributed by atoms with van der Waals surface area (Å²) in [5.41, 5.74) is -0.431. The van der Waals surface area contributed by atoms with E-state index in [9.17, 15) is 19.7 Å². The van der Waals surface area contributed by atoms with Crippen LogP contribution in [0.2, 0.25) is 0 Å². The van der Waals surface area contributed by atoms with Gasteiger partial charge in [0.05, 0.1) is 11.5 Å². The molecular weight excluding hydrogens is 278 g/mol. The number of nitro groups is 1. The van der Waals surface area contributed by atoms with Crippen molar-refractivity contribution < 1.29 is 23.6 Å². The molecule has 0 aliphatic heterocycles. The third kappa shape index (κ3) is 2.55. The van der Waals surface area contributed by atoms with Crippen LogP contribution in [0.3, 0.4) is 0 Å². The number of carbonyl (C=O) groups is 1. The number of carbonyl (C=O) groups excluding carboxylic acids is 1. The predicted molar refractivity (Wildman–Crippen MR) is 64.7 cm³/mol. The topological polar surface area (TPSA) is 109 Å². The SMILES string of the molecule is CCOC(=O)Oc1ccc2oc(=O)sc2c1[N+](=O)[O-]. The minimum absolute atomic E-state index is 0.0109. The van der Waals surface area contributed by atoms with E-state index in [0.29, 0.717) is 11.3 Å². The van der Waals surface area contributed by atoms with Gasteiger partial charge < -0.3 is 13.9 Å². The summed E-state index contributed by atoms with van der Waals surface area (Å²) in [6.45, 7) is 1.65. The average Bonchev–Trinajstić information content (AvgIpc) is 2.68. The van der Waals surface area contributed by atoms with E-state index in [-0.39, 0.29) is 22.6 Å². The van der Waals surface area contributed by atoms with Gasteiger partial charge in [-0.3, -0.25) is 10.1 Å². The molecule has 0 fully saturated rings. The first-order valence-electron chi connectivity index (χ1n) is 5.08. The van der Waals surface area contributed by atoms with Crippen molar-refractivity contribution in [2.24, 2.45) is 0 Å². The third-order valence-corrected chi connectivity index (χ3v) is 2.92. The van der Waals surface area contributed by atoms with Crippen LogP contribution in [-0.4, -0.2) is 17.7 Å². The minimum atomic E-state index is -1.05. The average molecular weight is 285 g/mol. The Hall–Kier alpha value is -2.42. The van der Waals surface area contributed by atoms with E-state index in [1.54, 1.807) is 6.92 Å². The summed E-state index contributed by atoms with van der Waals surface area (Å²) in [4.78, 5) is 31.9. The van der Waals surface area contributed by atoms with E-state index in [0.717, 1.165) is 0 Å². The molecule has 0 atom stereocenters. The van der Waals surface area contributed by atoms with Crippen molar-refractivity contribution in [1.29, 1.82) is 0 Å². The van der Waals surface area contributed by atoms with E-state index >= 15 is 0 Å². The normalized spacial score (nSPS) is 10.4. The Kier molecular flexibility index (Phi) is 3.47. The van der Waals surface area contributed by atoms with Gasteiger partial charge in [-0.25, -0.2) is 9.59 Å². The number of hydrogen-bond acceptors (Lipinski definition) is 8. The molecule has 2 rings (SSSR count). The molecule has 0 bridgehead atoms. The summed E-state index contributed by atoms with van der Waals surface area (Å²) >= 11 is 0.566. The van der Waals surface area contributed by atoms with Crippen molar-refractivity contribution in [2.75, 3.05) is 6.61 Å². The Bertz CT molecular complexity index is 701. The van der Waals surface area contributed by atoms with Crippen LogP contribution in [0.25, 0.3) is 10.3 Å². The van der Waals surface area contributed by atoms with Gasteiger partial charge in [-0.15, -0.1) is 0 Å². The van der Waals surface area contributed by atoms with Crippen molar-refractivity contribution in [2.45, 2.75) is 6.92 Å². The van der Waals surface area contributed by atoms with Crippen molar-refractivity contribution in [3.05, 3.63) is 32.0 Å². The lowest BCUT2D eigenvalue weighted by molar-refractivity contribution is -0.383. The summed E-state index contributed by atoms with van der Waals surface area (Å²) in [5, 5.41) is 11.0. The molecule has 0 saturated carbocycles. The van der Waals surface area contributed by atoms with Crippen LogP contribution in [0.4, 0.5) is 10.5 Å². The standard InChI is InChI=1S/C10H7NO7S/c1-2-16-9(12)17-5-3-4-6-8(7(5)11(14)15)19-10(13)18-6/h3-4H,2H2,1H3. The largest absolute Gasteiger partial charge is 0.514 e. The molecule has 0 amide bonds. The molecule has 19 heavy (non-hydrogen) atoms. The second kappa shape index (κ2) is 5.06. The van der Waals surface area contributed by atoms with E-state index < -0.39 is 21.7 Å². The molecule has 0 aliphatic rings. The van der Waals surface area contributed by atoms with E-state index in [1.807, 2.05) is 0 Å². The number of ether oxygens (including phenoxy) is 2. The molecular formula is C10H7NO7S. The van der Waals surface area contributed by atoms with Gasteiger partial charge in [0.15, 0.2) is 10.3 Å². The van der Waals surface area contributed by atoms with Gasteiger partial charge in [0, 0.05) is 0 Å². The maximum atomic E-state index is 11.2. The minimum Gasteiger partial charge on any atom is -0.434 e. The summed E-state index contributed by atoms with van der Waals surface area (Å²) in [6.07, 6.45) is -1.05. The molecule has 0 radical (unpaired) electrons. The van der Waals surface area contributed by atoms with Crippen LogP contribution in [0, 0.1) is 10.1 Å². The fraction of sp³-hybridized carbons (Fsp3) is 0.200. The van der Waals surface area contributed by atoms with Crippen molar-refractivity contribution in [3.8, 4) is 5.75 Å². The van der Waals surface area contributed by atoms with Crippen molar-refractivity contribution in [1.82, 2.24) is 0 Å². The molecule has 0 spiro atoms. The zero-order valence-electron chi connectivity index (χ0n) is 9.58. The Labute approximate surface area is 109 Å². The number of nitrogens with zero attached hydrogens (tertiary/aromatic N) is 1. The first kappa shape index (κ1) is 13.0. The molecule has 1 heterocycles. The fourth-order valence-electron chi connectivity index (χ4n) is 1.40. The Morgan fingerprint density at radius 1 is 1.53 bits per heavy atom. The second-order valence-electron chi connectivity index (χ2n) is 3.24. The number of nitro benzene ring substituents is 1. The molecule has 8 nitrogen and oxygen atoms in total. The van der Waals surface area contributed by atoms with Crippen molar-refractivity contribution >= 4 is 33.5 Å². The van der Waals surface area contributed by atoms with Crippen LogP contribution < -0.4 is 9.68 Å². The first-order valence-corrected chi connectivity index (χ1v) is 5.90. The van der Waals surface area contributed by atoms with Crippen LogP contribution in [-0.2, 0) is 4.74 Å². The number of fused-ring (bicyclic) bond motifs is 1. The molecule has 1 aromatic heterocycles. The summed E-state index contributed by atoms with van der Waals surface area (Å²) in [7, 11) is 0. The Morgan fingerprint density at radius 2 is 2.26 bits per heavy atom. The molecule has 1 aromatic carbocycles. The second-order valence-corrected chi connectivity index (χ2v) is 4.18. The lowest BCUT2D eigenvalue weighted by Gasteiger charge is -2.04. The Balaban J connectivity index is 2.54. The number of rotatable bonds is 3. The lowest BCUT2D eigenvalue weighted by atomic mass is 10.3. The van der Waals surface area contributed by atoms with E-state index in [2.05, 4.69) is 4.74 Å². The van der Waals surface area contributed by atoms with Gasteiger partial charge in [0.1, 0.15) is 0 Å². The van der Waals surface area contributed by atoms with Gasteiger partial charge in [-0.05, 0) is 30.4 Å². The molecule has 2 aromatic rings. The van der Waals surface area contributed by atoms with Crippen LogP contribution in [0.5, 0.6) is 5.75 Å². The third-order valence-electron chi connectivity index (χ3n) is 2.08. The molecule has 0 N–H and O–H groups in total. The highest BCUT2D eigenvalue weighted by Gasteiger charge is 2.25. The van der Waals surface area contributed by atoms with Gasteiger partial charge >= 0.3 is 16.8 Å². The highest BCUT2D eigenvalue weighted by Crippen LogP contribution is 2.37. The summed E-state index contributed by atoms with van der Waals surface area (Å²) in [6, 6.07) is 2.49.